The molecular weight excluding hydrogens is 351 g/mol. The lowest BCUT2D eigenvalue weighted by atomic mass is 9.48. The highest BCUT2D eigenvalue weighted by molar-refractivity contribution is 9.09. The molecule has 0 saturated heterocycles. The fraction of sp³-hybridized carbons (Fsp3) is 0.667. The van der Waals surface area contributed by atoms with Crippen LogP contribution in [0.3, 0.4) is 0 Å². The molecule has 4 aliphatic carbocycles. The molecule has 0 amide bonds. The third kappa shape index (κ3) is 2.47. The lowest BCUT2D eigenvalue weighted by Crippen LogP contribution is -2.50. The van der Waals surface area contributed by atoms with Crippen LogP contribution in [0.4, 0.5) is 4.39 Å². The van der Waals surface area contributed by atoms with E-state index in [2.05, 4.69) is 15.9 Å². The van der Waals surface area contributed by atoms with Gasteiger partial charge in [-0.15, -0.1) is 0 Å². The quantitative estimate of drug-likeness (QED) is 0.571. The molecule has 0 spiro atoms. The van der Waals surface area contributed by atoms with Gasteiger partial charge in [-0.1, -0.05) is 33.6 Å². The Bertz CT molecular complexity index is 501. The predicted molar refractivity (Wildman–Crippen MR) is 88.4 cm³/mol. The minimum absolute atomic E-state index is 0.156. The molecule has 114 valence electrons. The van der Waals surface area contributed by atoms with Gasteiger partial charge in [0.25, 0.3) is 0 Å². The lowest BCUT2D eigenvalue weighted by Gasteiger charge is -2.58. The lowest BCUT2D eigenvalue weighted by molar-refractivity contribution is -0.0522. The number of benzene rings is 1. The highest BCUT2D eigenvalue weighted by Gasteiger charge is 2.53. The Hall–Kier alpha value is -0.0800. The van der Waals surface area contributed by atoms with Crippen molar-refractivity contribution in [2.45, 2.75) is 49.8 Å². The van der Waals surface area contributed by atoms with Crippen LogP contribution in [0.25, 0.3) is 0 Å². The first kappa shape index (κ1) is 14.5. The van der Waals surface area contributed by atoms with E-state index in [1.807, 2.05) is 0 Å². The predicted octanol–water partition coefficient (Wildman–Crippen LogP) is 6.00. The van der Waals surface area contributed by atoms with E-state index >= 15 is 0 Å². The largest absolute Gasteiger partial charge is 0.207 e. The van der Waals surface area contributed by atoms with Crippen LogP contribution in [0.5, 0.6) is 0 Å². The SMILES string of the molecule is Fc1cccc(Cl)c1CC(Br)C12CC3CC(CC(C3)C1)C2. The smallest absolute Gasteiger partial charge is 0.127 e. The second kappa shape index (κ2) is 5.23. The number of hydrogen-bond donors (Lipinski definition) is 0. The molecule has 0 nitrogen and oxygen atoms in total. The maximum absolute atomic E-state index is 14.1. The molecule has 1 unspecified atom stereocenters. The molecule has 0 radical (unpaired) electrons. The normalized spacial score (nSPS) is 38.7. The topological polar surface area (TPSA) is 0 Å². The summed E-state index contributed by atoms with van der Waals surface area (Å²) in [5.74, 6) is 2.61. The average Bonchev–Trinajstić information content (AvgIpc) is 2.41. The van der Waals surface area contributed by atoms with Crippen molar-refractivity contribution in [3.8, 4) is 0 Å². The van der Waals surface area contributed by atoms with Gasteiger partial charge in [-0.05, 0) is 80.2 Å². The van der Waals surface area contributed by atoms with E-state index in [0.717, 1.165) is 24.2 Å². The third-order valence-electron chi connectivity index (χ3n) is 6.20. The van der Waals surface area contributed by atoms with E-state index in [-0.39, 0.29) is 5.82 Å². The van der Waals surface area contributed by atoms with Crippen molar-refractivity contribution in [2.24, 2.45) is 23.2 Å². The zero-order valence-corrected chi connectivity index (χ0v) is 14.5. The van der Waals surface area contributed by atoms with Crippen LogP contribution < -0.4 is 0 Å². The Balaban J connectivity index is 1.59. The summed E-state index contributed by atoms with van der Waals surface area (Å²) in [6.07, 6.45) is 9.05. The summed E-state index contributed by atoms with van der Waals surface area (Å²) < 4.78 is 14.1. The van der Waals surface area contributed by atoms with Crippen LogP contribution in [0.15, 0.2) is 18.2 Å². The summed E-state index contributed by atoms with van der Waals surface area (Å²) in [5.41, 5.74) is 1.08. The zero-order valence-electron chi connectivity index (χ0n) is 12.1. The van der Waals surface area contributed by atoms with Crippen LogP contribution in [-0.4, -0.2) is 4.83 Å². The zero-order chi connectivity index (χ0) is 14.6. The van der Waals surface area contributed by atoms with Crippen molar-refractivity contribution >= 4 is 27.5 Å². The van der Waals surface area contributed by atoms with Gasteiger partial charge < -0.3 is 0 Å². The molecule has 1 aromatic rings. The van der Waals surface area contributed by atoms with Crippen LogP contribution >= 0.6 is 27.5 Å². The number of alkyl halides is 1. The first-order valence-electron chi connectivity index (χ1n) is 8.13. The molecule has 0 N–H and O–H groups in total. The number of halogens is 3. The summed E-state index contributed by atoms with van der Waals surface area (Å²) in [6, 6.07) is 5.02. The molecular formula is C18H21BrClF. The van der Waals surface area contributed by atoms with Crippen LogP contribution in [0, 0.1) is 29.0 Å². The van der Waals surface area contributed by atoms with E-state index in [0.29, 0.717) is 20.8 Å². The Labute approximate surface area is 139 Å². The van der Waals surface area contributed by atoms with Gasteiger partial charge in [0.15, 0.2) is 0 Å². The van der Waals surface area contributed by atoms with Crippen molar-refractivity contribution in [3.63, 3.8) is 0 Å². The van der Waals surface area contributed by atoms with Gasteiger partial charge in [0.2, 0.25) is 0 Å². The standard InChI is InChI=1S/C18H21BrClF/c19-17(7-14-15(20)2-1-3-16(14)21)18-8-11-4-12(9-18)6-13(5-11)10-18/h1-3,11-13,17H,4-10H2. The molecule has 4 fully saturated rings. The molecule has 1 aromatic carbocycles. The van der Waals surface area contributed by atoms with E-state index < -0.39 is 0 Å². The molecule has 0 aromatic heterocycles. The summed E-state index contributed by atoms with van der Waals surface area (Å²) in [5, 5.41) is 0.573. The van der Waals surface area contributed by atoms with Crippen molar-refractivity contribution in [3.05, 3.63) is 34.6 Å². The van der Waals surface area contributed by atoms with Gasteiger partial charge >= 0.3 is 0 Å². The summed E-state index contributed by atoms with van der Waals surface area (Å²) >= 11 is 10.2. The summed E-state index contributed by atoms with van der Waals surface area (Å²) in [6.45, 7) is 0. The monoisotopic (exact) mass is 370 g/mol. The fourth-order valence-corrected chi connectivity index (χ4v) is 6.81. The van der Waals surface area contributed by atoms with Crippen molar-refractivity contribution in [2.75, 3.05) is 0 Å². The molecule has 21 heavy (non-hydrogen) atoms. The first-order valence-corrected chi connectivity index (χ1v) is 9.42. The van der Waals surface area contributed by atoms with Crippen LogP contribution in [0.2, 0.25) is 5.02 Å². The van der Waals surface area contributed by atoms with Gasteiger partial charge in [0.1, 0.15) is 5.82 Å². The summed E-state index contributed by atoms with van der Waals surface area (Å²) in [7, 11) is 0. The second-order valence-corrected chi connectivity index (χ2v) is 9.16. The van der Waals surface area contributed by atoms with Gasteiger partial charge in [-0.3, -0.25) is 0 Å². The van der Waals surface area contributed by atoms with Crippen LogP contribution in [-0.2, 0) is 6.42 Å². The summed E-state index contributed by atoms with van der Waals surface area (Å²) in [4.78, 5) is 0.354. The molecule has 0 aliphatic heterocycles. The third-order valence-corrected chi connectivity index (χ3v) is 7.84. The minimum Gasteiger partial charge on any atom is -0.207 e. The maximum atomic E-state index is 14.1. The molecule has 1 atom stereocenters. The fourth-order valence-electron chi connectivity index (χ4n) is 5.68. The Morgan fingerprint density at radius 2 is 1.71 bits per heavy atom. The maximum Gasteiger partial charge on any atom is 0.127 e. The van der Waals surface area contributed by atoms with Gasteiger partial charge in [0.05, 0.1) is 0 Å². The Kier molecular flexibility index (Phi) is 3.61. The minimum atomic E-state index is -0.156. The average molecular weight is 372 g/mol. The molecule has 5 rings (SSSR count). The van der Waals surface area contributed by atoms with E-state index in [1.54, 1.807) is 12.1 Å². The first-order chi connectivity index (χ1) is 10.1. The second-order valence-electron chi connectivity index (χ2n) is 7.65. The number of hydrogen-bond acceptors (Lipinski definition) is 0. The highest BCUT2D eigenvalue weighted by Crippen LogP contribution is 2.62. The van der Waals surface area contributed by atoms with Gasteiger partial charge in [-0.25, -0.2) is 4.39 Å². The van der Waals surface area contributed by atoms with Crippen molar-refractivity contribution in [1.29, 1.82) is 0 Å². The highest BCUT2D eigenvalue weighted by atomic mass is 79.9. The molecule has 4 aliphatic rings. The number of rotatable bonds is 3. The molecule has 3 heteroatoms. The van der Waals surface area contributed by atoms with Crippen molar-refractivity contribution in [1.82, 2.24) is 0 Å². The Morgan fingerprint density at radius 1 is 1.14 bits per heavy atom. The Morgan fingerprint density at radius 3 is 2.24 bits per heavy atom. The van der Waals surface area contributed by atoms with Gasteiger partial charge in [-0.2, -0.15) is 0 Å². The van der Waals surface area contributed by atoms with E-state index in [9.17, 15) is 4.39 Å². The molecule has 4 saturated carbocycles. The van der Waals surface area contributed by atoms with E-state index in [1.165, 1.54) is 44.6 Å². The van der Waals surface area contributed by atoms with Crippen LogP contribution in [0.1, 0.15) is 44.1 Å². The molecule has 4 bridgehead atoms. The van der Waals surface area contributed by atoms with Gasteiger partial charge in [0, 0.05) is 15.4 Å². The van der Waals surface area contributed by atoms with Crippen molar-refractivity contribution < 1.29 is 4.39 Å². The molecule has 0 heterocycles. The van der Waals surface area contributed by atoms with E-state index in [4.69, 9.17) is 11.6 Å².